The van der Waals surface area contributed by atoms with Crippen LogP contribution in [-0.2, 0) is 16.1 Å². The van der Waals surface area contributed by atoms with Gasteiger partial charge in [0.2, 0.25) is 0 Å². The molecule has 6 heteroatoms. The van der Waals surface area contributed by atoms with Crippen LogP contribution in [-0.4, -0.2) is 29.1 Å². The van der Waals surface area contributed by atoms with Gasteiger partial charge in [0.1, 0.15) is 11.3 Å². The summed E-state index contributed by atoms with van der Waals surface area (Å²) in [5, 5.41) is 12.3. The van der Waals surface area contributed by atoms with Gasteiger partial charge in [-0.1, -0.05) is 25.5 Å². The van der Waals surface area contributed by atoms with Gasteiger partial charge in [0.15, 0.2) is 6.61 Å². The molecule has 0 spiro atoms. The second-order valence-electron chi connectivity index (χ2n) is 5.14. The lowest BCUT2D eigenvalue weighted by molar-refractivity contribution is -0.144. The number of hydrogen-bond donors (Lipinski definition) is 3. The van der Waals surface area contributed by atoms with Crippen LogP contribution in [0.2, 0.25) is 0 Å². The average molecular weight is 294 g/mol. The lowest BCUT2D eigenvalue weighted by Crippen LogP contribution is -2.48. The highest BCUT2D eigenvalue weighted by Gasteiger charge is 2.31. The van der Waals surface area contributed by atoms with E-state index in [-0.39, 0.29) is 6.61 Å². The monoisotopic (exact) mass is 294 g/mol. The number of carboxylic acids is 1. The van der Waals surface area contributed by atoms with Gasteiger partial charge in [-0.05, 0) is 31.0 Å². The Morgan fingerprint density at radius 2 is 1.95 bits per heavy atom. The molecule has 116 valence electrons. The predicted octanol–water partition coefficient (Wildman–Crippen LogP) is 1.28. The van der Waals surface area contributed by atoms with E-state index in [0.717, 1.165) is 12.0 Å². The van der Waals surface area contributed by atoms with Crippen LogP contribution >= 0.6 is 0 Å². The van der Waals surface area contributed by atoms with Crippen molar-refractivity contribution in [1.29, 1.82) is 0 Å². The molecule has 1 unspecified atom stereocenters. The van der Waals surface area contributed by atoms with Crippen molar-refractivity contribution < 1.29 is 19.4 Å². The second kappa shape index (κ2) is 7.64. The fourth-order valence-corrected chi connectivity index (χ4v) is 1.93. The molecule has 1 amide bonds. The summed E-state index contributed by atoms with van der Waals surface area (Å²) >= 11 is 0. The van der Waals surface area contributed by atoms with E-state index < -0.39 is 17.4 Å². The summed E-state index contributed by atoms with van der Waals surface area (Å²) in [6.45, 7) is 3.92. The van der Waals surface area contributed by atoms with Gasteiger partial charge in [-0.3, -0.25) is 14.9 Å². The van der Waals surface area contributed by atoms with Gasteiger partial charge < -0.3 is 15.6 Å². The van der Waals surface area contributed by atoms with Crippen LogP contribution in [0.1, 0.15) is 32.3 Å². The largest absolute Gasteiger partial charge is 0.484 e. The van der Waals surface area contributed by atoms with Crippen molar-refractivity contribution in [1.82, 2.24) is 5.32 Å². The number of benzene rings is 1. The molecular weight excluding hydrogens is 272 g/mol. The second-order valence-corrected chi connectivity index (χ2v) is 5.14. The standard InChI is InChI=1S/C15H22N2O4/c1-3-8-15(2,14(19)20)17-9-11-4-6-12(7-5-11)21-10-13(16)18/h4-7,17H,3,8-10H2,1-2H3,(H2,16,18)(H,19,20). The Hall–Kier alpha value is -2.08. The van der Waals surface area contributed by atoms with Crippen molar-refractivity contribution in [2.75, 3.05) is 6.61 Å². The fraction of sp³-hybridized carbons (Fsp3) is 0.467. The SMILES string of the molecule is CCCC(C)(NCc1ccc(OCC(N)=O)cc1)C(=O)O. The first-order valence-corrected chi connectivity index (χ1v) is 6.86. The molecular formula is C15H22N2O4. The van der Waals surface area contributed by atoms with Gasteiger partial charge in [-0.25, -0.2) is 0 Å². The zero-order valence-electron chi connectivity index (χ0n) is 12.4. The molecule has 1 rings (SSSR count). The van der Waals surface area contributed by atoms with E-state index in [0.29, 0.717) is 18.7 Å². The number of rotatable bonds is 9. The zero-order chi connectivity index (χ0) is 15.9. The summed E-state index contributed by atoms with van der Waals surface area (Å²) in [5.41, 5.74) is 4.99. The predicted molar refractivity (Wildman–Crippen MR) is 78.9 cm³/mol. The van der Waals surface area contributed by atoms with Crippen molar-refractivity contribution in [3.05, 3.63) is 29.8 Å². The number of nitrogens with one attached hydrogen (secondary N) is 1. The zero-order valence-corrected chi connectivity index (χ0v) is 12.4. The Labute approximate surface area is 124 Å². The smallest absolute Gasteiger partial charge is 0.323 e. The first-order valence-electron chi connectivity index (χ1n) is 6.86. The molecule has 0 saturated heterocycles. The quantitative estimate of drug-likeness (QED) is 0.637. The molecule has 4 N–H and O–H groups in total. The van der Waals surface area contributed by atoms with E-state index in [1.54, 1.807) is 19.1 Å². The van der Waals surface area contributed by atoms with Gasteiger partial charge in [-0.2, -0.15) is 0 Å². The van der Waals surface area contributed by atoms with Gasteiger partial charge in [0.05, 0.1) is 0 Å². The summed E-state index contributed by atoms with van der Waals surface area (Å²) < 4.78 is 5.16. The Morgan fingerprint density at radius 3 is 2.43 bits per heavy atom. The number of ether oxygens (including phenoxy) is 1. The van der Waals surface area contributed by atoms with Gasteiger partial charge in [-0.15, -0.1) is 0 Å². The Kier molecular flexibility index (Phi) is 6.17. The van der Waals surface area contributed by atoms with Crippen molar-refractivity contribution in [3.63, 3.8) is 0 Å². The molecule has 0 fully saturated rings. The van der Waals surface area contributed by atoms with Crippen LogP contribution in [0.15, 0.2) is 24.3 Å². The molecule has 1 aromatic rings. The number of carboxylic acid groups (broad SMARTS) is 1. The first-order chi connectivity index (χ1) is 9.87. The van der Waals surface area contributed by atoms with Crippen molar-refractivity contribution in [2.24, 2.45) is 5.73 Å². The molecule has 0 aromatic heterocycles. The van der Waals surface area contributed by atoms with Gasteiger partial charge >= 0.3 is 5.97 Å². The van der Waals surface area contributed by atoms with Crippen LogP contribution in [0.25, 0.3) is 0 Å². The molecule has 0 saturated carbocycles. The molecule has 6 nitrogen and oxygen atoms in total. The maximum absolute atomic E-state index is 11.3. The maximum Gasteiger partial charge on any atom is 0.323 e. The van der Waals surface area contributed by atoms with E-state index >= 15 is 0 Å². The molecule has 1 atom stereocenters. The van der Waals surface area contributed by atoms with Crippen LogP contribution < -0.4 is 15.8 Å². The van der Waals surface area contributed by atoms with Gasteiger partial charge in [0.25, 0.3) is 5.91 Å². The van der Waals surface area contributed by atoms with Crippen LogP contribution in [0, 0.1) is 0 Å². The highest BCUT2D eigenvalue weighted by molar-refractivity contribution is 5.78. The highest BCUT2D eigenvalue weighted by Crippen LogP contribution is 2.16. The summed E-state index contributed by atoms with van der Waals surface area (Å²) in [4.78, 5) is 21.9. The topological polar surface area (TPSA) is 102 Å². The number of nitrogens with two attached hydrogens (primary N) is 1. The van der Waals surface area contributed by atoms with Crippen molar-refractivity contribution in [2.45, 2.75) is 38.8 Å². The normalized spacial score (nSPS) is 13.4. The number of aliphatic carboxylic acids is 1. The Bertz CT molecular complexity index is 487. The number of primary amides is 1. The third-order valence-corrected chi connectivity index (χ3v) is 3.21. The lowest BCUT2D eigenvalue weighted by Gasteiger charge is -2.26. The molecule has 0 radical (unpaired) electrons. The molecule has 0 aliphatic carbocycles. The van der Waals surface area contributed by atoms with E-state index in [1.165, 1.54) is 0 Å². The average Bonchev–Trinajstić information content (AvgIpc) is 2.44. The van der Waals surface area contributed by atoms with E-state index in [2.05, 4.69) is 5.32 Å². The summed E-state index contributed by atoms with van der Waals surface area (Å²) in [7, 11) is 0. The number of carbonyl (C=O) groups is 2. The lowest BCUT2D eigenvalue weighted by atomic mass is 9.96. The fourth-order valence-electron chi connectivity index (χ4n) is 1.93. The minimum Gasteiger partial charge on any atom is -0.484 e. The van der Waals surface area contributed by atoms with Gasteiger partial charge in [0, 0.05) is 6.54 Å². The molecule has 0 heterocycles. The third kappa shape index (κ3) is 5.43. The van der Waals surface area contributed by atoms with Crippen LogP contribution in [0.3, 0.4) is 0 Å². The minimum absolute atomic E-state index is 0.162. The van der Waals surface area contributed by atoms with E-state index in [9.17, 15) is 14.7 Å². The Morgan fingerprint density at radius 1 is 1.33 bits per heavy atom. The molecule has 0 aliphatic rings. The van der Waals surface area contributed by atoms with Crippen molar-refractivity contribution in [3.8, 4) is 5.75 Å². The number of amides is 1. The summed E-state index contributed by atoms with van der Waals surface area (Å²) in [6.07, 6.45) is 1.35. The Balaban J connectivity index is 2.59. The van der Waals surface area contributed by atoms with E-state index in [4.69, 9.17) is 10.5 Å². The molecule has 1 aromatic carbocycles. The maximum atomic E-state index is 11.3. The van der Waals surface area contributed by atoms with Crippen LogP contribution in [0.5, 0.6) is 5.75 Å². The summed E-state index contributed by atoms with van der Waals surface area (Å²) in [6, 6.07) is 7.07. The number of hydrogen-bond acceptors (Lipinski definition) is 4. The van der Waals surface area contributed by atoms with Crippen LogP contribution in [0.4, 0.5) is 0 Å². The highest BCUT2D eigenvalue weighted by atomic mass is 16.5. The molecule has 0 aliphatic heterocycles. The first kappa shape index (κ1) is 17.0. The number of carbonyl (C=O) groups excluding carboxylic acids is 1. The minimum atomic E-state index is -0.935. The molecule has 0 bridgehead atoms. The summed E-state index contributed by atoms with van der Waals surface area (Å²) in [5.74, 6) is -0.838. The third-order valence-electron chi connectivity index (χ3n) is 3.21. The molecule has 21 heavy (non-hydrogen) atoms. The van der Waals surface area contributed by atoms with Crippen molar-refractivity contribution >= 4 is 11.9 Å². The van der Waals surface area contributed by atoms with E-state index in [1.807, 2.05) is 19.1 Å².